The number of fused-ring (bicyclic) bond motifs is 1. The summed E-state index contributed by atoms with van der Waals surface area (Å²) in [5, 5.41) is 10.00. The summed E-state index contributed by atoms with van der Waals surface area (Å²) in [6.45, 7) is 0.0623. The second-order valence-electron chi connectivity index (χ2n) is 4.20. The van der Waals surface area contributed by atoms with Gasteiger partial charge in [-0.05, 0) is 18.9 Å². The number of nitrogen functional groups attached to an aromatic ring is 1. The van der Waals surface area contributed by atoms with Crippen molar-refractivity contribution in [3.63, 3.8) is 0 Å². The third-order valence-electron chi connectivity index (χ3n) is 3.07. The molecule has 2 unspecified atom stereocenters. The molecule has 0 aromatic carbocycles. The van der Waals surface area contributed by atoms with Gasteiger partial charge in [-0.15, -0.1) is 0 Å². The van der Waals surface area contributed by atoms with Gasteiger partial charge in [-0.1, -0.05) is 0 Å². The number of rotatable bonds is 2. The zero-order valence-corrected chi connectivity index (χ0v) is 9.28. The Labute approximate surface area is 98.0 Å². The van der Waals surface area contributed by atoms with Crippen LogP contribution >= 0.6 is 0 Å². The van der Waals surface area contributed by atoms with Gasteiger partial charge in [0.05, 0.1) is 12.7 Å². The first kappa shape index (κ1) is 10.5. The maximum atomic E-state index is 9.06. The van der Waals surface area contributed by atoms with E-state index >= 15 is 0 Å². The number of aliphatic hydroxyl groups excluding tert-OH is 1. The smallest absolute Gasteiger partial charge is 0.221 e. The molecule has 2 aromatic heterocycles. The molecule has 0 amide bonds. The quantitative estimate of drug-likeness (QED) is 0.798. The van der Waals surface area contributed by atoms with Crippen LogP contribution in [0.25, 0.3) is 11.0 Å². The minimum atomic E-state index is -0.0726. The molecule has 1 saturated heterocycles. The fraction of sp³-hybridized carbons (Fsp3) is 0.455. The van der Waals surface area contributed by atoms with E-state index in [-0.39, 0.29) is 24.9 Å². The first-order chi connectivity index (χ1) is 8.28. The molecule has 3 heterocycles. The van der Waals surface area contributed by atoms with Gasteiger partial charge in [0, 0.05) is 17.8 Å². The van der Waals surface area contributed by atoms with E-state index in [1.54, 1.807) is 6.20 Å². The fourth-order valence-electron chi connectivity index (χ4n) is 2.21. The predicted molar refractivity (Wildman–Crippen MR) is 62.2 cm³/mol. The summed E-state index contributed by atoms with van der Waals surface area (Å²) in [4.78, 5) is 8.17. The van der Waals surface area contributed by atoms with Gasteiger partial charge < -0.3 is 20.1 Å². The van der Waals surface area contributed by atoms with E-state index in [9.17, 15) is 0 Å². The normalized spacial score (nSPS) is 24.5. The summed E-state index contributed by atoms with van der Waals surface area (Å²) >= 11 is 0. The fourth-order valence-corrected chi connectivity index (χ4v) is 2.21. The van der Waals surface area contributed by atoms with Crippen LogP contribution in [0.4, 0.5) is 5.95 Å². The topological polar surface area (TPSA) is 86.2 Å². The third-order valence-corrected chi connectivity index (χ3v) is 3.07. The molecule has 3 N–H and O–H groups in total. The second-order valence-corrected chi connectivity index (χ2v) is 4.20. The van der Waals surface area contributed by atoms with E-state index in [2.05, 4.69) is 9.97 Å². The first-order valence-electron chi connectivity index (χ1n) is 5.63. The standard InChI is InChI=1S/C11H14N4O2/c12-11-13-5-7-3-4-15(10(7)14-11)9-2-1-8(6-16)17-9/h3-5,8-9,16H,1-2,6H2,(H2,12,13,14). The van der Waals surface area contributed by atoms with Gasteiger partial charge in [0.2, 0.25) is 5.95 Å². The summed E-state index contributed by atoms with van der Waals surface area (Å²) in [5.74, 6) is 0.258. The zero-order chi connectivity index (χ0) is 11.8. The highest BCUT2D eigenvalue weighted by atomic mass is 16.5. The number of nitrogens with zero attached hydrogens (tertiary/aromatic N) is 3. The summed E-state index contributed by atoms with van der Waals surface area (Å²) in [6.07, 6.45) is 5.21. The van der Waals surface area contributed by atoms with E-state index in [4.69, 9.17) is 15.6 Å². The number of anilines is 1. The molecule has 17 heavy (non-hydrogen) atoms. The van der Waals surface area contributed by atoms with E-state index in [1.165, 1.54) is 0 Å². The number of aromatic nitrogens is 3. The van der Waals surface area contributed by atoms with Crippen molar-refractivity contribution in [2.75, 3.05) is 12.3 Å². The number of hydrogen-bond donors (Lipinski definition) is 2. The lowest BCUT2D eigenvalue weighted by molar-refractivity contribution is -0.0204. The molecule has 2 atom stereocenters. The van der Waals surface area contributed by atoms with Crippen LogP contribution in [-0.2, 0) is 4.74 Å². The van der Waals surface area contributed by atoms with Crippen molar-refractivity contribution in [3.05, 3.63) is 18.5 Å². The Morgan fingerprint density at radius 3 is 3.18 bits per heavy atom. The summed E-state index contributed by atoms with van der Waals surface area (Å²) in [6, 6.07) is 1.93. The molecule has 1 fully saturated rings. The maximum absolute atomic E-state index is 9.06. The van der Waals surface area contributed by atoms with Crippen molar-refractivity contribution in [2.24, 2.45) is 0 Å². The van der Waals surface area contributed by atoms with Crippen molar-refractivity contribution in [1.82, 2.24) is 14.5 Å². The Balaban J connectivity index is 1.98. The van der Waals surface area contributed by atoms with E-state index in [0.717, 1.165) is 23.9 Å². The van der Waals surface area contributed by atoms with Crippen molar-refractivity contribution in [2.45, 2.75) is 25.2 Å². The third kappa shape index (κ3) is 1.75. The van der Waals surface area contributed by atoms with Crippen LogP contribution in [-0.4, -0.2) is 32.4 Å². The molecule has 2 aromatic rings. The molecule has 6 heteroatoms. The summed E-state index contributed by atoms with van der Waals surface area (Å²) in [7, 11) is 0. The van der Waals surface area contributed by atoms with Gasteiger partial charge in [0.25, 0.3) is 0 Å². The molecule has 0 radical (unpaired) electrons. The van der Waals surface area contributed by atoms with Crippen LogP contribution in [0.5, 0.6) is 0 Å². The molecule has 3 rings (SSSR count). The lowest BCUT2D eigenvalue weighted by Crippen LogP contribution is -2.14. The van der Waals surface area contributed by atoms with Crippen LogP contribution < -0.4 is 5.73 Å². The predicted octanol–water partition coefficient (Wildman–Crippen LogP) is 0.683. The molecule has 0 spiro atoms. The van der Waals surface area contributed by atoms with Crippen LogP contribution in [0, 0.1) is 0 Å². The average Bonchev–Trinajstić information content (AvgIpc) is 2.93. The molecular weight excluding hydrogens is 220 g/mol. The highest BCUT2D eigenvalue weighted by Crippen LogP contribution is 2.30. The van der Waals surface area contributed by atoms with Crippen molar-refractivity contribution < 1.29 is 9.84 Å². The second kappa shape index (κ2) is 3.97. The maximum Gasteiger partial charge on any atom is 0.221 e. The van der Waals surface area contributed by atoms with Crippen LogP contribution in [0.15, 0.2) is 18.5 Å². The number of ether oxygens (including phenoxy) is 1. The lowest BCUT2D eigenvalue weighted by Gasteiger charge is -2.14. The molecule has 6 nitrogen and oxygen atoms in total. The van der Waals surface area contributed by atoms with Crippen LogP contribution in [0.2, 0.25) is 0 Å². The zero-order valence-electron chi connectivity index (χ0n) is 9.28. The molecule has 1 aliphatic heterocycles. The first-order valence-corrected chi connectivity index (χ1v) is 5.63. The Hall–Kier alpha value is -1.66. The monoisotopic (exact) mass is 234 g/mol. The van der Waals surface area contributed by atoms with Gasteiger partial charge in [-0.2, -0.15) is 4.98 Å². The molecular formula is C11H14N4O2. The van der Waals surface area contributed by atoms with Crippen LogP contribution in [0.3, 0.4) is 0 Å². The van der Waals surface area contributed by atoms with Gasteiger partial charge in [-0.25, -0.2) is 4.98 Å². The molecule has 0 bridgehead atoms. The van der Waals surface area contributed by atoms with Gasteiger partial charge >= 0.3 is 0 Å². The molecule has 90 valence electrons. The Morgan fingerprint density at radius 2 is 2.41 bits per heavy atom. The largest absolute Gasteiger partial charge is 0.394 e. The van der Waals surface area contributed by atoms with Crippen molar-refractivity contribution in [3.8, 4) is 0 Å². The van der Waals surface area contributed by atoms with Crippen LogP contribution in [0.1, 0.15) is 19.1 Å². The highest BCUT2D eigenvalue weighted by Gasteiger charge is 2.26. The highest BCUT2D eigenvalue weighted by molar-refractivity contribution is 5.76. The molecule has 0 aliphatic carbocycles. The molecule has 0 saturated carbocycles. The summed E-state index contributed by atoms with van der Waals surface area (Å²) < 4.78 is 7.66. The minimum absolute atomic E-state index is 0.0623. The van der Waals surface area contributed by atoms with Crippen molar-refractivity contribution in [1.29, 1.82) is 0 Å². The Morgan fingerprint density at radius 1 is 1.53 bits per heavy atom. The summed E-state index contributed by atoms with van der Waals surface area (Å²) in [5.41, 5.74) is 6.37. The average molecular weight is 234 g/mol. The van der Waals surface area contributed by atoms with Gasteiger partial charge in [0.1, 0.15) is 11.9 Å². The van der Waals surface area contributed by atoms with E-state index in [1.807, 2.05) is 16.8 Å². The number of nitrogens with two attached hydrogens (primary N) is 1. The van der Waals surface area contributed by atoms with Gasteiger partial charge in [-0.3, -0.25) is 0 Å². The van der Waals surface area contributed by atoms with Gasteiger partial charge in [0.15, 0.2) is 0 Å². The Bertz CT molecular complexity index is 539. The molecule has 1 aliphatic rings. The minimum Gasteiger partial charge on any atom is -0.394 e. The lowest BCUT2D eigenvalue weighted by atomic mass is 10.2. The SMILES string of the molecule is Nc1ncc2ccn(C3CCC(CO)O3)c2n1. The number of aliphatic hydroxyl groups is 1. The van der Waals surface area contributed by atoms with E-state index in [0.29, 0.717) is 0 Å². The van der Waals surface area contributed by atoms with E-state index < -0.39 is 0 Å². The van der Waals surface area contributed by atoms with Crippen molar-refractivity contribution >= 4 is 17.0 Å². The Kier molecular flexibility index (Phi) is 2.45. The number of hydrogen-bond acceptors (Lipinski definition) is 5.